The van der Waals surface area contributed by atoms with E-state index in [0.717, 1.165) is 5.39 Å². The van der Waals surface area contributed by atoms with E-state index in [1.807, 2.05) is 0 Å². The third-order valence-electron chi connectivity index (χ3n) is 3.11. The lowest BCUT2D eigenvalue weighted by Crippen LogP contribution is -2.61. The summed E-state index contributed by atoms with van der Waals surface area (Å²) in [4.78, 5) is 17.8. The first-order valence-electron chi connectivity index (χ1n) is 5.70. The largest absolute Gasteiger partial charge is 0.386 e. The molecule has 0 radical (unpaired) electrons. The summed E-state index contributed by atoms with van der Waals surface area (Å²) in [5, 5.41) is 14.2. The Morgan fingerprint density at radius 2 is 2.28 bits per heavy atom. The van der Waals surface area contributed by atoms with Crippen molar-refractivity contribution in [2.75, 3.05) is 13.1 Å². The molecule has 94 valence electrons. The molecule has 6 heteroatoms. The molecule has 0 unspecified atom stereocenters. The highest BCUT2D eigenvalue weighted by atomic mass is 16.5. The molecule has 0 aromatic carbocycles. The van der Waals surface area contributed by atoms with Gasteiger partial charge in [-0.2, -0.15) is 0 Å². The van der Waals surface area contributed by atoms with Gasteiger partial charge in [0.25, 0.3) is 11.6 Å². The lowest BCUT2D eigenvalue weighted by molar-refractivity contribution is -0.0668. The number of hydrogen-bond donors (Lipinski definition) is 1. The fraction of sp³-hybridized carbons (Fsp3) is 0.417. The van der Waals surface area contributed by atoms with Crippen LogP contribution in [-0.2, 0) is 0 Å². The average Bonchev–Trinajstić information content (AvgIpc) is 2.67. The number of aliphatic hydroxyl groups is 1. The van der Waals surface area contributed by atoms with Gasteiger partial charge in [0.1, 0.15) is 0 Å². The number of fused-ring (bicyclic) bond motifs is 1. The molecule has 0 aliphatic carbocycles. The predicted octanol–water partition coefficient (Wildman–Crippen LogP) is 0.738. The van der Waals surface area contributed by atoms with E-state index < -0.39 is 5.60 Å². The number of rotatable bonds is 1. The number of likely N-dealkylation sites (tertiary alicyclic amines) is 1. The minimum atomic E-state index is -0.764. The number of β-amino-alcohol motifs (C(OH)–C–C–N with tert-alkyl or cyclic N) is 1. The molecule has 1 aliphatic rings. The van der Waals surface area contributed by atoms with Crippen LogP contribution in [0, 0.1) is 6.92 Å². The summed E-state index contributed by atoms with van der Waals surface area (Å²) in [6.07, 6.45) is 1.47. The van der Waals surface area contributed by atoms with E-state index >= 15 is 0 Å². The maximum Gasteiger partial charge on any atom is 0.257 e. The lowest BCUT2D eigenvalue weighted by Gasteiger charge is -2.44. The van der Waals surface area contributed by atoms with E-state index in [-0.39, 0.29) is 5.91 Å². The summed E-state index contributed by atoms with van der Waals surface area (Å²) in [5.74, 6) is -0.128. The quantitative estimate of drug-likeness (QED) is 0.804. The van der Waals surface area contributed by atoms with Gasteiger partial charge >= 0.3 is 0 Å². The first-order chi connectivity index (χ1) is 8.46. The first kappa shape index (κ1) is 11.2. The zero-order chi connectivity index (χ0) is 12.9. The fourth-order valence-electron chi connectivity index (χ4n) is 2.16. The molecule has 1 N–H and O–H groups in total. The van der Waals surface area contributed by atoms with Crippen molar-refractivity contribution in [2.24, 2.45) is 0 Å². The Bertz CT molecular complexity index is 625. The van der Waals surface area contributed by atoms with E-state index in [4.69, 9.17) is 4.52 Å². The Balaban J connectivity index is 1.90. The van der Waals surface area contributed by atoms with Crippen molar-refractivity contribution < 1.29 is 14.4 Å². The Hall–Kier alpha value is -1.95. The predicted molar refractivity (Wildman–Crippen MR) is 63.1 cm³/mol. The SMILES string of the molecule is Cc1noc2ncc(C(=O)N3CC(C)(O)C3)cc12. The first-order valence-corrected chi connectivity index (χ1v) is 5.70. The second-order valence-corrected chi connectivity index (χ2v) is 5.00. The molecule has 2 aromatic rings. The smallest absolute Gasteiger partial charge is 0.257 e. The lowest BCUT2D eigenvalue weighted by atomic mass is 9.96. The summed E-state index contributed by atoms with van der Waals surface area (Å²) in [6, 6.07) is 1.73. The molecule has 0 spiro atoms. The van der Waals surface area contributed by atoms with Crippen LogP contribution < -0.4 is 0 Å². The van der Waals surface area contributed by atoms with Gasteiger partial charge in [0.15, 0.2) is 0 Å². The van der Waals surface area contributed by atoms with E-state index in [2.05, 4.69) is 10.1 Å². The van der Waals surface area contributed by atoms with E-state index in [1.165, 1.54) is 6.20 Å². The molecule has 1 aliphatic heterocycles. The van der Waals surface area contributed by atoms with Crippen molar-refractivity contribution >= 4 is 17.0 Å². The maximum absolute atomic E-state index is 12.1. The van der Waals surface area contributed by atoms with E-state index in [9.17, 15) is 9.90 Å². The van der Waals surface area contributed by atoms with Crippen LogP contribution in [0.2, 0.25) is 0 Å². The standard InChI is InChI=1S/C12H13N3O3/c1-7-9-3-8(4-13-10(9)18-14-7)11(16)15-5-12(2,17)6-15/h3-4,17H,5-6H2,1-2H3. The van der Waals surface area contributed by atoms with Gasteiger partial charge in [0.2, 0.25) is 0 Å². The highest BCUT2D eigenvalue weighted by Gasteiger charge is 2.39. The monoisotopic (exact) mass is 247 g/mol. The van der Waals surface area contributed by atoms with Crippen molar-refractivity contribution in [1.29, 1.82) is 0 Å². The Kier molecular flexibility index (Phi) is 2.18. The van der Waals surface area contributed by atoms with Crippen molar-refractivity contribution in [3.8, 4) is 0 Å². The van der Waals surface area contributed by atoms with Crippen molar-refractivity contribution in [3.05, 3.63) is 23.5 Å². The summed E-state index contributed by atoms with van der Waals surface area (Å²) < 4.78 is 4.99. The van der Waals surface area contributed by atoms with Gasteiger partial charge in [0.05, 0.1) is 35.3 Å². The molecule has 6 nitrogen and oxygen atoms in total. The number of nitrogens with zero attached hydrogens (tertiary/aromatic N) is 3. The Morgan fingerprint density at radius 1 is 1.56 bits per heavy atom. The molecular formula is C12H13N3O3. The van der Waals surface area contributed by atoms with Crippen LogP contribution in [0.5, 0.6) is 0 Å². The van der Waals surface area contributed by atoms with Crippen molar-refractivity contribution in [3.63, 3.8) is 0 Å². The molecule has 0 bridgehead atoms. The molecule has 0 atom stereocenters. The van der Waals surface area contributed by atoms with Crippen LogP contribution in [0.4, 0.5) is 0 Å². The van der Waals surface area contributed by atoms with Crippen LogP contribution >= 0.6 is 0 Å². The van der Waals surface area contributed by atoms with Crippen molar-refractivity contribution in [1.82, 2.24) is 15.0 Å². The second-order valence-electron chi connectivity index (χ2n) is 5.00. The molecule has 1 fully saturated rings. The normalized spacial score (nSPS) is 17.8. The summed E-state index contributed by atoms with van der Waals surface area (Å²) in [7, 11) is 0. The zero-order valence-corrected chi connectivity index (χ0v) is 10.2. The summed E-state index contributed by atoms with van der Waals surface area (Å²) in [5.41, 5.74) is 0.868. The van der Waals surface area contributed by atoms with Crippen LogP contribution in [0.25, 0.3) is 11.1 Å². The van der Waals surface area contributed by atoms with Gasteiger partial charge in [-0.1, -0.05) is 5.16 Å². The average molecular weight is 247 g/mol. The summed E-state index contributed by atoms with van der Waals surface area (Å²) >= 11 is 0. The number of carbonyl (C=O) groups is 1. The Morgan fingerprint density at radius 3 is 2.94 bits per heavy atom. The van der Waals surface area contributed by atoms with Crippen LogP contribution in [0.15, 0.2) is 16.8 Å². The fourth-order valence-corrected chi connectivity index (χ4v) is 2.16. The number of hydrogen-bond acceptors (Lipinski definition) is 5. The molecule has 1 saturated heterocycles. The van der Waals surface area contributed by atoms with Crippen LogP contribution in [-0.4, -0.2) is 44.7 Å². The Labute approximate surface area is 103 Å². The third kappa shape index (κ3) is 1.65. The third-order valence-corrected chi connectivity index (χ3v) is 3.11. The molecule has 18 heavy (non-hydrogen) atoms. The number of pyridine rings is 1. The van der Waals surface area contributed by atoms with Gasteiger partial charge in [-0.15, -0.1) is 0 Å². The number of amides is 1. The number of aryl methyl sites for hydroxylation is 1. The molecule has 1 amide bonds. The highest BCUT2D eigenvalue weighted by molar-refractivity contribution is 5.97. The van der Waals surface area contributed by atoms with Gasteiger partial charge in [-0.3, -0.25) is 4.79 Å². The molecule has 2 aromatic heterocycles. The van der Waals surface area contributed by atoms with Gasteiger partial charge in [-0.05, 0) is 19.9 Å². The zero-order valence-electron chi connectivity index (χ0n) is 10.2. The van der Waals surface area contributed by atoms with Gasteiger partial charge in [0, 0.05) is 6.20 Å². The minimum absolute atomic E-state index is 0.128. The number of aromatic nitrogens is 2. The highest BCUT2D eigenvalue weighted by Crippen LogP contribution is 2.23. The van der Waals surface area contributed by atoms with Gasteiger partial charge in [-0.25, -0.2) is 4.98 Å². The topological polar surface area (TPSA) is 79.5 Å². The van der Waals surface area contributed by atoms with Gasteiger partial charge < -0.3 is 14.5 Å². The maximum atomic E-state index is 12.1. The second kappa shape index (κ2) is 3.52. The van der Waals surface area contributed by atoms with E-state index in [0.29, 0.717) is 30.1 Å². The molecular weight excluding hydrogens is 234 g/mol. The minimum Gasteiger partial charge on any atom is -0.386 e. The van der Waals surface area contributed by atoms with Crippen LogP contribution in [0.1, 0.15) is 23.0 Å². The van der Waals surface area contributed by atoms with Crippen LogP contribution in [0.3, 0.4) is 0 Å². The molecule has 0 saturated carbocycles. The van der Waals surface area contributed by atoms with Crippen molar-refractivity contribution in [2.45, 2.75) is 19.4 Å². The van der Waals surface area contributed by atoms with E-state index in [1.54, 1.807) is 24.8 Å². The molecule has 3 heterocycles. The molecule has 3 rings (SSSR count). The summed E-state index contributed by atoms with van der Waals surface area (Å²) in [6.45, 7) is 4.22. The number of carbonyl (C=O) groups excluding carboxylic acids is 1.